The number of ketones is 2. The molecule has 0 saturated carbocycles. The molecule has 0 N–H and O–H groups in total. The summed E-state index contributed by atoms with van der Waals surface area (Å²) in [5.74, 6) is 0.248. The van der Waals surface area contributed by atoms with Crippen LogP contribution in [0.15, 0.2) is 72.8 Å². The van der Waals surface area contributed by atoms with E-state index in [0.29, 0.717) is 0 Å². The average Bonchev–Trinajstić information content (AvgIpc) is 3.62. The summed E-state index contributed by atoms with van der Waals surface area (Å²) in [5, 5.41) is 0. The summed E-state index contributed by atoms with van der Waals surface area (Å²) in [7, 11) is 0. The van der Waals surface area contributed by atoms with E-state index in [0.717, 1.165) is 57.3 Å². The fraction of sp³-hybridized carbons (Fsp3) is 0.395. The number of benzene rings is 4. The highest BCUT2D eigenvalue weighted by molar-refractivity contribution is 6.24. The Morgan fingerprint density at radius 2 is 0.778 bits per heavy atom. The average molecular weight is 595 g/mol. The van der Waals surface area contributed by atoms with E-state index in [1.165, 1.54) is 99.3 Å². The summed E-state index contributed by atoms with van der Waals surface area (Å²) < 4.78 is 0. The maximum Gasteiger partial charge on any atom is 0.194 e. The summed E-state index contributed by atoms with van der Waals surface area (Å²) >= 11 is 0. The molecule has 4 aromatic carbocycles. The van der Waals surface area contributed by atoms with E-state index in [1.807, 2.05) is 24.3 Å². The zero-order chi connectivity index (χ0) is 31.0. The van der Waals surface area contributed by atoms with Gasteiger partial charge in [-0.3, -0.25) is 9.59 Å². The van der Waals surface area contributed by atoms with E-state index in [9.17, 15) is 9.59 Å². The minimum Gasteiger partial charge on any atom is -0.289 e. The Labute approximate surface area is 269 Å². The van der Waals surface area contributed by atoms with Crippen LogP contribution in [0.4, 0.5) is 0 Å². The van der Waals surface area contributed by atoms with Gasteiger partial charge >= 0.3 is 0 Å². The number of carbonyl (C=O) groups excluding carboxylic acids is 2. The summed E-state index contributed by atoms with van der Waals surface area (Å²) in [6.45, 7) is 4.56. The molecule has 3 aliphatic carbocycles. The molecule has 0 aliphatic heterocycles. The van der Waals surface area contributed by atoms with E-state index in [-0.39, 0.29) is 17.0 Å². The van der Waals surface area contributed by atoms with Crippen LogP contribution in [0.3, 0.4) is 0 Å². The molecule has 230 valence electrons. The van der Waals surface area contributed by atoms with Crippen LogP contribution in [0, 0.1) is 0 Å². The van der Waals surface area contributed by atoms with Gasteiger partial charge in [-0.2, -0.15) is 0 Å². The summed E-state index contributed by atoms with van der Waals surface area (Å²) in [6.07, 6.45) is 17.5. The SMILES string of the molecule is CCCCCCCCC1(CCCCCCCC)c2cc3c(cc2-c2cc4c(cc21)-c1ccccc1C4=O)C(=O)c1ccccc1-3. The van der Waals surface area contributed by atoms with Gasteiger partial charge < -0.3 is 0 Å². The van der Waals surface area contributed by atoms with Gasteiger partial charge in [-0.05, 0) is 81.6 Å². The van der Waals surface area contributed by atoms with Crippen LogP contribution in [0.1, 0.15) is 147 Å². The second kappa shape index (κ2) is 12.5. The molecule has 0 unspecified atom stereocenters. The topological polar surface area (TPSA) is 34.1 Å². The van der Waals surface area contributed by atoms with Crippen LogP contribution in [-0.4, -0.2) is 11.6 Å². The fourth-order valence-electron chi connectivity index (χ4n) is 8.60. The van der Waals surface area contributed by atoms with Crippen LogP contribution in [0.2, 0.25) is 0 Å². The van der Waals surface area contributed by atoms with E-state index < -0.39 is 0 Å². The Balaban J connectivity index is 1.37. The van der Waals surface area contributed by atoms with Gasteiger partial charge in [0, 0.05) is 27.7 Å². The van der Waals surface area contributed by atoms with Crippen LogP contribution in [-0.2, 0) is 5.41 Å². The first kappa shape index (κ1) is 29.9. The molecule has 0 amide bonds. The molecule has 0 radical (unpaired) electrons. The molecule has 0 saturated heterocycles. The molecule has 3 aliphatic rings. The second-order valence-electron chi connectivity index (χ2n) is 13.8. The first-order valence-electron chi connectivity index (χ1n) is 17.7. The van der Waals surface area contributed by atoms with Crippen molar-refractivity contribution in [2.75, 3.05) is 0 Å². The number of rotatable bonds is 14. The third kappa shape index (κ3) is 5.02. The lowest BCUT2D eigenvalue weighted by Crippen LogP contribution is -2.26. The Hall–Kier alpha value is -3.78. The summed E-state index contributed by atoms with van der Waals surface area (Å²) in [6, 6.07) is 25.4. The molecular formula is C43H46O2. The first-order valence-corrected chi connectivity index (χ1v) is 17.7. The van der Waals surface area contributed by atoms with Gasteiger partial charge in [0.15, 0.2) is 11.6 Å². The number of carbonyl (C=O) groups is 2. The Morgan fingerprint density at radius 1 is 0.400 bits per heavy atom. The van der Waals surface area contributed by atoms with Crippen molar-refractivity contribution in [1.82, 2.24) is 0 Å². The van der Waals surface area contributed by atoms with Gasteiger partial charge in [-0.1, -0.05) is 139 Å². The predicted octanol–water partition coefficient (Wildman–Crippen LogP) is 11.9. The molecule has 45 heavy (non-hydrogen) atoms. The molecule has 0 fully saturated rings. The van der Waals surface area contributed by atoms with Crippen molar-refractivity contribution in [2.24, 2.45) is 0 Å². The zero-order valence-electron chi connectivity index (χ0n) is 27.1. The normalized spacial score (nSPS) is 14.6. The van der Waals surface area contributed by atoms with Crippen molar-refractivity contribution >= 4 is 11.6 Å². The van der Waals surface area contributed by atoms with Gasteiger partial charge in [-0.15, -0.1) is 0 Å². The van der Waals surface area contributed by atoms with Gasteiger partial charge in [-0.25, -0.2) is 0 Å². The monoisotopic (exact) mass is 594 g/mol. The zero-order valence-corrected chi connectivity index (χ0v) is 27.1. The lowest BCUT2D eigenvalue weighted by molar-refractivity contribution is 0.103. The molecule has 0 aromatic heterocycles. The van der Waals surface area contributed by atoms with Crippen LogP contribution >= 0.6 is 0 Å². The van der Waals surface area contributed by atoms with Gasteiger partial charge in [0.05, 0.1) is 0 Å². The minimum atomic E-state index is -0.120. The molecule has 0 atom stereocenters. The Kier molecular flexibility index (Phi) is 8.34. The maximum absolute atomic E-state index is 13.7. The van der Waals surface area contributed by atoms with Crippen molar-refractivity contribution in [3.8, 4) is 33.4 Å². The second-order valence-corrected chi connectivity index (χ2v) is 13.8. The Bertz CT molecular complexity index is 1640. The molecule has 0 heterocycles. The van der Waals surface area contributed by atoms with E-state index >= 15 is 0 Å². The predicted molar refractivity (Wildman–Crippen MR) is 186 cm³/mol. The quantitative estimate of drug-likeness (QED) is 0.118. The summed E-state index contributed by atoms with van der Waals surface area (Å²) in [5.41, 5.74) is 12.6. The lowest BCUT2D eigenvalue weighted by Gasteiger charge is -2.33. The highest BCUT2D eigenvalue weighted by Gasteiger charge is 2.45. The lowest BCUT2D eigenvalue weighted by atomic mass is 9.69. The third-order valence-electron chi connectivity index (χ3n) is 11.0. The van der Waals surface area contributed by atoms with Gasteiger partial charge in [0.1, 0.15) is 0 Å². The van der Waals surface area contributed by atoms with Crippen molar-refractivity contribution in [2.45, 2.75) is 109 Å². The van der Waals surface area contributed by atoms with Gasteiger partial charge in [0.25, 0.3) is 0 Å². The fourth-order valence-corrected chi connectivity index (χ4v) is 8.60. The first-order chi connectivity index (χ1) is 22.1. The smallest absolute Gasteiger partial charge is 0.194 e. The van der Waals surface area contributed by atoms with E-state index in [2.05, 4.69) is 62.4 Å². The van der Waals surface area contributed by atoms with Crippen molar-refractivity contribution in [3.63, 3.8) is 0 Å². The van der Waals surface area contributed by atoms with E-state index in [1.54, 1.807) is 0 Å². The van der Waals surface area contributed by atoms with Gasteiger partial charge in [0.2, 0.25) is 0 Å². The largest absolute Gasteiger partial charge is 0.289 e. The molecule has 2 nitrogen and oxygen atoms in total. The number of hydrogen-bond acceptors (Lipinski definition) is 2. The maximum atomic E-state index is 13.7. The van der Waals surface area contributed by atoms with Crippen molar-refractivity contribution in [3.05, 3.63) is 106 Å². The minimum absolute atomic E-state index is 0.120. The number of hydrogen-bond donors (Lipinski definition) is 0. The molecule has 2 heteroatoms. The number of fused-ring (bicyclic) bond motifs is 9. The summed E-state index contributed by atoms with van der Waals surface area (Å²) in [4.78, 5) is 27.4. The molecule has 0 bridgehead atoms. The van der Waals surface area contributed by atoms with Crippen molar-refractivity contribution in [1.29, 1.82) is 0 Å². The molecule has 7 rings (SSSR count). The molecule has 0 spiro atoms. The number of unbranched alkanes of at least 4 members (excludes halogenated alkanes) is 10. The highest BCUT2D eigenvalue weighted by Crippen LogP contribution is 2.58. The van der Waals surface area contributed by atoms with E-state index in [4.69, 9.17) is 0 Å². The van der Waals surface area contributed by atoms with Crippen molar-refractivity contribution < 1.29 is 9.59 Å². The standard InChI is InChI=1S/C43H46O2/c1-3-5-7-9-11-17-23-43(24-18-12-10-8-6-4-2)39-27-33-29-19-13-15-21-31(29)41(44)37(33)25-35(39)36-26-38-34(28-40(36)43)30-20-14-16-22-32(30)42(38)45/h13-16,19-22,25-28H,3-12,17-18,23-24H2,1-2H3. The van der Waals surface area contributed by atoms with Crippen LogP contribution < -0.4 is 0 Å². The third-order valence-corrected chi connectivity index (χ3v) is 11.0. The highest BCUT2D eigenvalue weighted by atomic mass is 16.1. The Morgan fingerprint density at radius 3 is 1.20 bits per heavy atom. The molecule has 4 aromatic rings. The van der Waals surface area contributed by atoms with Crippen LogP contribution in [0.5, 0.6) is 0 Å². The van der Waals surface area contributed by atoms with Crippen LogP contribution in [0.25, 0.3) is 33.4 Å². The molecular weight excluding hydrogens is 548 g/mol.